The van der Waals surface area contributed by atoms with Gasteiger partial charge in [0.25, 0.3) is 0 Å². The van der Waals surface area contributed by atoms with Gasteiger partial charge < -0.3 is 9.47 Å². The zero-order valence-corrected chi connectivity index (χ0v) is 29.7. The van der Waals surface area contributed by atoms with Gasteiger partial charge in [0, 0.05) is 45.4 Å². The smallest absolute Gasteiger partial charge is 0.0547 e. The second-order valence-electron chi connectivity index (χ2n) is 14.5. The van der Waals surface area contributed by atoms with Gasteiger partial charge in [0.2, 0.25) is 0 Å². The van der Waals surface area contributed by atoms with Gasteiger partial charge in [-0.3, -0.25) is 0 Å². The Morgan fingerprint density at radius 1 is 0.509 bits per heavy atom. The molecule has 53 heavy (non-hydrogen) atoms. The minimum atomic E-state index is -0.281. The Balaban J connectivity index is 1.16. The molecular formula is C51H38N2. The van der Waals surface area contributed by atoms with Crippen molar-refractivity contribution in [3.05, 3.63) is 211 Å². The van der Waals surface area contributed by atoms with Crippen LogP contribution in [-0.2, 0) is 5.41 Å². The number of para-hydroxylation sites is 1. The standard InChI is InChI=1S/C51H38N2/c1-51(47-26-13-27-48-50(47)46-33-40-19-10-11-20-41(40)34-49(46)53(48)42-22-6-3-7-23-42)30-14-25-45(35-51)52(44-29-28-37-17-8-9-18-38(37)32-44)43-24-12-21-39(31-43)36-15-4-2-5-16-36/h2-34H,35H2,1H3. The lowest BCUT2D eigenvalue weighted by molar-refractivity contribution is 0.580. The van der Waals surface area contributed by atoms with Gasteiger partial charge in [-0.05, 0) is 98.9 Å². The number of anilines is 2. The average molecular weight is 679 g/mol. The van der Waals surface area contributed by atoms with E-state index in [0.717, 1.165) is 17.8 Å². The highest BCUT2D eigenvalue weighted by atomic mass is 15.1. The van der Waals surface area contributed by atoms with Gasteiger partial charge in [-0.1, -0.05) is 146 Å². The third-order valence-corrected chi connectivity index (χ3v) is 11.1. The lowest BCUT2D eigenvalue weighted by atomic mass is 9.74. The maximum absolute atomic E-state index is 2.47. The zero-order chi connectivity index (χ0) is 35.4. The van der Waals surface area contributed by atoms with Crippen LogP contribution in [0.25, 0.3) is 60.2 Å². The first-order valence-corrected chi connectivity index (χ1v) is 18.5. The second-order valence-corrected chi connectivity index (χ2v) is 14.5. The van der Waals surface area contributed by atoms with Crippen molar-refractivity contribution in [1.29, 1.82) is 0 Å². The van der Waals surface area contributed by atoms with E-state index < -0.39 is 0 Å². The van der Waals surface area contributed by atoms with Crippen LogP contribution < -0.4 is 4.90 Å². The molecule has 252 valence electrons. The monoisotopic (exact) mass is 678 g/mol. The molecule has 0 radical (unpaired) electrons. The summed E-state index contributed by atoms with van der Waals surface area (Å²) in [5.41, 5.74) is 10.7. The first-order valence-electron chi connectivity index (χ1n) is 18.5. The Labute approximate surface area is 310 Å². The largest absolute Gasteiger partial charge is 0.314 e. The highest BCUT2D eigenvalue weighted by Crippen LogP contribution is 2.46. The molecule has 0 saturated carbocycles. The van der Waals surface area contributed by atoms with Gasteiger partial charge in [0.1, 0.15) is 0 Å². The van der Waals surface area contributed by atoms with Crippen LogP contribution in [0.1, 0.15) is 18.9 Å². The van der Waals surface area contributed by atoms with Crippen LogP contribution in [0.3, 0.4) is 0 Å². The Morgan fingerprint density at radius 3 is 1.94 bits per heavy atom. The molecule has 1 aliphatic carbocycles. The summed E-state index contributed by atoms with van der Waals surface area (Å²) in [6.45, 7) is 2.41. The van der Waals surface area contributed by atoms with E-state index in [4.69, 9.17) is 0 Å². The van der Waals surface area contributed by atoms with E-state index in [1.165, 1.54) is 71.4 Å². The molecule has 8 aromatic carbocycles. The Kier molecular flexibility index (Phi) is 7.37. The van der Waals surface area contributed by atoms with E-state index >= 15 is 0 Å². The average Bonchev–Trinajstić information content (AvgIpc) is 3.54. The van der Waals surface area contributed by atoms with Crippen LogP contribution in [0.15, 0.2) is 206 Å². The molecule has 9 aromatic rings. The lowest BCUT2D eigenvalue weighted by Gasteiger charge is -2.37. The molecule has 0 aliphatic heterocycles. The number of hydrogen-bond acceptors (Lipinski definition) is 1. The van der Waals surface area contributed by atoms with Crippen molar-refractivity contribution in [3.63, 3.8) is 0 Å². The van der Waals surface area contributed by atoms with Crippen molar-refractivity contribution in [2.45, 2.75) is 18.8 Å². The molecule has 0 bridgehead atoms. The summed E-state index contributed by atoms with van der Waals surface area (Å²) in [6, 6.07) is 66.3. The molecule has 10 rings (SSSR count). The number of rotatable bonds is 6. The van der Waals surface area contributed by atoms with Gasteiger partial charge in [0.05, 0.1) is 11.0 Å². The number of nitrogens with zero attached hydrogens (tertiary/aromatic N) is 2. The number of fused-ring (bicyclic) bond motifs is 5. The molecule has 2 heteroatoms. The first kappa shape index (κ1) is 31.1. The zero-order valence-electron chi connectivity index (χ0n) is 29.7. The summed E-state index contributed by atoms with van der Waals surface area (Å²) in [4.78, 5) is 2.47. The summed E-state index contributed by atoms with van der Waals surface area (Å²) < 4.78 is 2.45. The Bertz CT molecular complexity index is 2880. The van der Waals surface area contributed by atoms with Gasteiger partial charge in [-0.25, -0.2) is 0 Å². The van der Waals surface area contributed by atoms with E-state index in [0.29, 0.717) is 0 Å². The fourth-order valence-corrected chi connectivity index (χ4v) is 8.54. The molecule has 1 atom stereocenters. The Morgan fingerprint density at radius 2 is 1.15 bits per heavy atom. The minimum absolute atomic E-state index is 0.281. The normalized spacial score (nSPS) is 15.7. The third-order valence-electron chi connectivity index (χ3n) is 11.1. The van der Waals surface area contributed by atoms with Crippen LogP contribution in [0.2, 0.25) is 0 Å². The predicted molar refractivity (Wildman–Crippen MR) is 225 cm³/mol. The number of aromatic nitrogens is 1. The maximum Gasteiger partial charge on any atom is 0.0547 e. The van der Waals surface area contributed by atoms with Crippen molar-refractivity contribution < 1.29 is 0 Å². The van der Waals surface area contributed by atoms with Crippen LogP contribution >= 0.6 is 0 Å². The number of benzene rings is 8. The second kappa shape index (κ2) is 12.5. The molecule has 0 saturated heterocycles. The van der Waals surface area contributed by atoms with Crippen molar-refractivity contribution in [1.82, 2.24) is 4.57 Å². The number of hydrogen-bond donors (Lipinski definition) is 0. The van der Waals surface area contributed by atoms with Crippen LogP contribution in [-0.4, -0.2) is 4.57 Å². The van der Waals surface area contributed by atoms with E-state index in [1.807, 2.05) is 0 Å². The topological polar surface area (TPSA) is 8.17 Å². The Hall–Kier alpha value is -6.64. The molecule has 1 aliphatic rings. The predicted octanol–water partition coefficient (Wildman–Crippen LogP) is 13.7. The highest BCUT2D eigenvalue weighted by Gasteiger charge is 2.33. The molecule has 1 unspecified atom stereocenters. The molecule has 2 nitrogen and oxygen atoms in total. The van der Waals surface area contributed by atoms with E-state index in [9.17, 15) is 0 Å². The fraction of sp³-hybridized carbons (Fsp3) is 0.0588. The van der Waals surface area contributed by atoms with Crippen molar-refractivity contribution in [3.8, 4) is 16.8 Å². The molecule has 1 heterocycles. The SMILES string of the molecule is CC1(c2cccc3c2c2cc4ccccc4cc2n3-c2ccccc2)C=CC=C(N(c2cccc(-c3ccccc3)c2)c2ccc3ccccc3c2)C1. The van der Waals surface area contributed by atoms with Crippen molar-refractivity contribution in [2.24, 2.45) is 0 Å². The lowest BCUT2D eigenvalue weighted by Crippen LogP contribution is -2.28. The van der Waals surface area contributed by atoms with Crippen LogP contribution in [0.5, 0.6) is 0 Å². The summed E-state index contributed by atoms with van der Waals surface area (Å²) in [5, 5.41) is 7.58. The van der Waals surface area contributed by atoms with Gasteiger partial charge in [-0.2, -0.15) is 0 Å². The quantitative estimate of drug-likeness (QED) is 0.170. The third kappa shape index (κ3) is 5.34. The fourth-order valence-electron chi connectivity index (χ4n) is 8.54. The van der Waals surface area contributed by atoms with Crippen molar-refractivity contribution >= 4 is 54.7 Å². The van der Waals surface area contributed by atoms with E-state index in [-0.39, 0.29) is 5.41 Å². The summed E-state index contributed by atoms with van der Waals surface area (Å²) in [7, 11) is 0. The first-order chi connectivity index (χ1) is 26.1. The van der Waals surface area contributed by atoms with Crippen molar-refractivity contribution in [2.75, 3.05) is 4.90 Å². The molecule has 0 amide bonds. The van der Waals surface area contributed by atoms with Gasteiger partial charge in [-0.15, -0.1) is 0 Å². The van der Waals surface area contributed by atoms with Gasteiger partial charge >= 0.3 is 0 Å². The molecule has 0 spiro atoms. The van der Waals surface area contributed by atoms with E-state index in [1.54, 1.807) is 0 Å². The maximum atomic E-state index is 2.47. The van der Waals surface area contributed by atoms with Gasteiger partial charge in [0.15, 0.2) is 0 Å². The highest BCUT2D eigenvalue weighted by molar-refractivity contribution is 6.15. The summed E-state index contributed by atoms with van der Waals surface area (Å²) >= 11 is 0. The minimum Gasteiger partial charge on any atom is -0.314 e. The summed E-state index contributed by atoms with van der Waals surface area (Å²) in [6.07, 6.45) is 7.83. The molecule has 1 aromatic heterocycles. The number of allylic oxidation sites excluding steroid dienone is 4. The summed E-state index contributed by atoms with van der Waals surface area (Å²) in [5.74, 6) is 0. The molecular weight excluding hydrogens is 641 g/mol. The van der Waals surface area contributed by atoms with Crippen LogP contribution in [0.4, 0.5) is 11.4 Å². The van der Waals surface area contributed by atoms with Crippen LogP contribution in [0, 0.1) is 0 Å². The van der Waals surface area contributed by atoms with E-state index in [2.05, 4.69) is 217 Å². The molecule has 0 fully saturated rings. The molecule has 0 N–H and O–H groups in total.